The van der Waals surface area contributed by atoms with Gasteiger partial charge in [0, 0.05) is 11.5 Å². The molecule has 0 radical (unpaired) electrons. The van der Waals surface area contributed by atoms with Crippen LogP contribution in [0, 0.1) is 34.5 Å². The van der Waals surface area contributed by atoms with Crippen molar-refractivity contribution in [2.75, 3.05) is 6.61 Å². The van der Waals surface area contributed by atoms with Crippen LogP contribution in [0.25, 0.3) is 21.5 Å². The van der Waals surface area contributed by atoms with Gasteiger partial charge in [0.1, 0.15) is 24.0 Å². The fourth-order valence-corrected chi connectivity index (χ4v) is 12.0. The summed E-state index contributed by atoms with van der Waals surface area (Å²) >= 11 is 0. The van der Waals surface area contributed by atoms with E-state index in [0.717, 1.165) is 55.8 Å². The maximum atomic E-state index is 15.5. The number of esters is 2. The van der Waals surface area contributed by atoms with E-state index < -0.39 is 16.2 Å². The zero-order valence-electron chi connectivity index (χ0n) is 24.6. The summed E-state index contributed by atoms with van der Waals surface area (Å²) in [6.07, 6.45) is 5.62. The lowest BCUT2D eigenvalue weighted by Gasteiger charge is -2.76. The quantitative estimate of drug-likeness (QED) is 0.125. The average Bonchev–Trinajstić information content (AvgIpc) is 3.77. The van der Waals surface area contributed by atoms with Crippen molar-refractivity contribution >= 4 is 33.5 Å². The lowest BCUT2D eigenvalue weighted by molar-refractivity contribution is -0.256. The first-order valence-corrected chi connectivity index (χ1v) is 16.2. The number of benzene rings is 5. The summed E-state index contributed by atoms with van der Waals surface area (Å²) in [5.41, 5.74) is 2.87. The lowest BCUT2D eigenvalue weighted by Crippen LogP contribution is -2.83. The van der Waals surface area contributed by atoms with E-state index in [1.165, 1.54) is 0 Å². The molecule has 1 saturated heterocycles. The highest BCUT2D eigenvalue weighted by atomic mass is 16.6. The van der Waals surface area contributed by atoms with E-state index in [-0.39, 0.29) is 54.7 Å². The third-order valence-corrected chi connectivity index (χ3v) is 13.0. The van der Waals surface area contributed by atoms with Crippen LogP contribution in [0.3, 0.4) is 0 Å². The Kier molecular flexibility index (Phi) is 4.33. The predicted octanol–water partition coefficient (Wildman–Crippen LogP) is 7.46. The molecular weight excluding hydrogens is 556 g/mol. The Morgan fingerprint density at radius 2 is 1.33 bits per heavy atom. The van der Waals surface area contributed by atoms with Crippen LogP contribution in [0.5, 0.6) is 0 Å². The summed E-state index contributed by atoms with van der Waals surface area (Å²) in [6.45, 7) is 0.414. The number of carbonyl (C=O) groups excluding carboxylic acids is 2. The molecule has 2 spiro atoms. The Hall–Kier alpha value is -4.70. The minimum absolute atomic E-state index is 0.0287. The van der Waals surface area contributed by atoms with Crippen molar-refractivity contribution in [2.24, 2.45) is 34.5 Å². The van der Waals surface area contributed by atoms with Gasteiger partial charge in [-0.05, 0) is 80.0 Å². The topological polar surface area (TPSA) is 52.6 Å². The smallest absolute Gasteiger partial charge is 0.315 e. The summed E-state index contributed by atoms with van der Waals surface area (Å²) in [4.78, 5) is 30.2. The molecule has 5 aromatic carbocycles. The molecule has 1 aliphatic heterocycles. The second kappa shape index (κ2) is 7.92. The Bertz CT molecular complexity index is 2110. The van der Waals surface area contributed by atoms with Crippen molar-refractivity contribution in [3.05, 3.63) is 143 Å². The SMILES string of the molecule is O=C(OCc1c2ccccc2cc2ccccc12)[C@@]12C3c4ccccc4C4(COC(=O)[C@]41[C@H]1C4C=CC(C4)C12)c1ccccc13. The molecule has 1 heterocycles. The van der Waals surface area contributed by atoms with Crippen molar-refractivity contribution in [1.29, 1.82) is 0 Å². The standard InChI is InChI=1S/C41H30O4/c42-37(44-21-31-27-11-3-1-9-23(27)19-24-10-2-4-12-28(24)31)40-34-25-17-18-26(20-25)35(34)41(40)38(43)45-22-39(41)32-15-7-5-13-29(32)36(40)30-14-6-8-16-33(30)39/h1-19,25-26,34-36H,20-22H2/t25?,26?,34?,35-,36?,39?,40+,41+/m0/s1. The van der Waals surface area contributed by atoms with E-state index in [1.807, 2.05) is 24.3 Å². The highest BCUT2D eigenvalue weighted by Gasteiger charge is 2.95. The molecule has 12 rings (SSSR count). The highest BCUT2D eigenvalue weighted by molar-refractivity contribution is 6.03. The van der Waals surface area contributed by atoms with Gasteiger partial charge in [-0.25, -0.2) is 0 Å². The minimum atomic E-state index is -1.04. The van der Waals surface area contributed by atoms with Gasteiger partial charge in [0.25, 0.3) is 0 Å². The number of ether oxygens (including phenoxy) is 2. The number of hydrogen-bond donors (Lipinski definition) is 0. The van der Waals surface area contributed by atoms with Crippen molar-refractivity contribution < 1.29 is 19.1 Å². The summed E-state index contributed by atoms with van der Waals surface area (Å²) in [6, 6.07) is 35.9. The summed E-state index contributed by atoms with van der Waals surface area (Å²) in [5.74, 6) is -0.114. The van der Waals surface area contributed by atoms with Gasteiger partial charge < -0.3 is 9.47 Å². The fourth-order valence-electron chi connectivity index (χ4n) is 12.0. The van der Waals surface area contributed by atoms with E-state index in [0.29, 0.717) is 0 Å². The first-order chi connectivity index (χ1) is 22.1. The van der Waals surface area contributed by atoms with Gasteiger partial charge in [0.2, 0.25) is 0 Å². The molecule has 5 aromatic rings. The summed E-state index contributed by atoms with van der Waals surface area (Å²) in [7, 11) is 0. The molecule has 2 saturated carbocycles. The van der Waals surface area contributed by atoms with E-state index in [1.54, 1.807) is 0 Å². The molecule has 6 atom stereocenters. The van der Waals surface area contributed by atoms with Crippen LogP contribution >= 0.6 is 0 Å². The molecule has 4 nitrogen and oxygen atoms in total. The number of rotatable bonds is 3. The van der Waals surface area contributed by atoms with Gasteiger partial charge in [0.05, 0.1) is 5.41 Å². The van der Waals surface area contributed by atoms with Gasteiger partial charge in [-0.2, -0.15) is 0 Å². The molecule has 0 aromatic heterocycles. The molecular formula is C41H30O4. The van der Waals surface area contributed by atoms with Crippen molar-refractivity contribution in [1.82, 2.24) is 0 Å². The fraction of sp³-hybridized carbons (Fsp3) is 0.268. The summed E-state index contributed by atoms with van der Waals surface area (Å²) < 4.78 is 12.9. The van der Waals surface area contributed by atoms with E-state index >= 15 is 4.79 Å². The van der Waals surface area contributed by atoms with Gasteiger partial charge in [0.15, 0.2) is 0 Å². The largest absolute Gasteiger partial charge is 0.464 e. The zero-order valence-corrected chi connectivity index (χ0v) is 24.6. The monoisotopic (exact) mass is 586 g/mol. The van der Waals surface area contributed by atoms with Crippen LogP contribution in [0.2, 0.25) is 0 Å². The molecule has 4 heteroatoms. The molecule has 218 valence electrons. The van der Waals surface area contributed by atoms with Crippen molar-refractivity contribution in [2.45, 2.75) is 24.4 Å². The van der Waals surface area contributed by atoms with Crippen LogP contribution < -0.4 is 0 Å². The number of cyclic esters (lactones) is 1. The Labute approximate surface area is 260 Å². The Morgan fingerprint density at radius 3 is 2.00 bits per heavy atom. The van der Waals surface area contributed by atoms with Gasteiger partial charge in [-0.15, -0.1) is 0 Å². The number of allylic oxidation sites excluding steroid dienone is 2. The van der Waals surface area contributed by atoms with Gasteiger partial charge >= 0.3 is 11.9 Å². The summed E-state index contributed by atoms with van der Waals surface area (Å²) in [5, 5.41) is 4.42. The van der Waals surface area contributed by atoms with Crippen molar-refractivity contribution in [3.63, 3.8) is 0 Å². The van der Waals surface area contributed by atoms with E-state index in [2.05, 4.69) is 91.0 Å². The average molecular weight is 587 g/mol. The molecule has 6 aliphatic carbocycles. The predicted molar refractivity (Wildman–Crippen MR) is 170 cm³/mol. The normalized spacial score (nSPS) is 35.3. The second-order valence-corrected chi connectivity index (χ2v) is 14.1. The molecule has 3 unspecified atom stereocenters. The number of carbonyl (C=O) groups is 2. The molecule has 4 bridgehead atoms. The maximum Gasteiger partial charge on any atom is 0.315 e. The third kappa shape index (κ3) is 2.39. The minimum Gasteiger partial charge on any atom is -0.464 e. The van der Waals surface area contributed by atoms with Gasteiger partial charge in [-0.1, -0.05) is 109 Å². The molecule has 0 N–H and O–H groups in total. The van der Waals surface area contributed by atoms with E-state index in [9.17, 15) is 4.79 Å². The second-order valence-electron chi connectivity index (χ2n) is 14.1. The third-order valence-electron chi connectivity index (χ3n) is 13.0. The van der Waals surface area contributed by atoms with E-state index in [4.69, 9.17) is 9.47 Å². The highest BCUT2D eigenvalue weighted by Crippen LogP contribution is 2.90. The van der Waals surface area contributed by atoms with Gasteiger partial charge in [-0.3, -0.25) is 9.59 Å². The van der Waals surface area contributed by atoms with Crippen LogP contribution in [-0.2, 0) is 31.1 Å². The van der Waals surface area contributed by atoms with Crippen molar-refractivity contribution in [3.8, 4) is 0 Å². The first-order valence-electron chi connectivity index (χ1n) is 16.2. The van der Waals surface area contributed by atoms with Crippen LogP contribution in [0.1, 0.15) is 40.2 Å². The Balaban J connectivity index is 1.16. The Morgan fingerprint density at radius 1 is 0.756 bits per heavy atom. The lowest BCUT2D eigenvalue weighted by atomic mass is 9.21. The number of fused-ring (bicyclic) bond motifs is 7. The number of hydrogen-bond acceptors (Lipinski definition) is 4. The maximum absolute atomic E-state index is 15.5. The molecule has 45 heavy (non-hydrogen) atoms. The zero-order chi connectivity index (χ0) is 29.7. The van der Waals surface area contributed by atoms with Crippen LogP contribution in [0.15, 0.2) is 115 Å². The molecule has 7 aliphatic rings. The van der Waals surface area contributed by atoms with Crippen LogP contribution in [-0.4, -0.2) is 18.5 Å². The molecule has 3 fully saturated rings. The first kappa shape index (κ1) is 24.6. The van der Waals surface area contributed by atoms with Crippen LogP contribution in [0.4, 0.5) is 0 Å². The molecule has 0 amide bonds.